The van der Waals surface area contributed by atoms with Crippen LogP contribution in [0, 0.1) is 5.92 Å². The average molecular weight is 434 g/mol. The lowest BCUT2D eigenvalue weighted by Crippen LogP contribution is -2.48. The largest absolute Gasteiger partial charge is 0.376 e. The Morgan fingerprint density at radius 3 is 2.56 bits per heavy atom. The van der Waals surface area contributed by atoms with Crippen LogP contribution in [0.5, 0.6) is 0 Å². The van der Waals surface area contributed by atoms with Gasteiger partial charge in [0.2, 0.25) is 11.8 Å². The first-order valence-electron chi connectivity index (χ1n) is 10.9. The van der Waals surface area contributed by atoms with Gasteiger partial charge in [-0.15, -0.1) is 0 Å². The molecule has 32 heavy (non-hydrogen) atoms. The van der Waals surface area contributed by atoms with Crippen LogP contribution in [0.2, 0.25) is 0 Å². The first-order valence-corrected chi connectivity index (χ1v) is 10.9. The van der Waals surface area contributed by atoms with E-state index in [1.54, 1.807) is 11.6 Å². The minimum atomic E-state index is -0.662. The number of benzene rings is 2. The zero-order valence-corrected chi connectivity index (χ0v) is 18.0. The molecule has 1 unspecified atom stereocenters. The number of hydrogen-bond acceptors (Lipinski definition) is 5. The Kier molecular flexibility index (Phi) is 5.30. The van der Waals surface area contributed by atoms with Gasteiger partial charge in [0.15, 0.2) is 0 Å². The van der Waals surface area contributed by atoms with E-state index in [0.717, 1.165) is 30.9 Å². The second kappa shape index (κ2) is 8.27. The molecular weight excluding hydrogens is 408 g/mol. The summed E-state index contributed by atoms with van der Waals surface area (Å²) in [7, 11) is 1.72. The quantitative estimate of drug-likeness (QED) is 0.600. The summed E-state index contributed by atoms with van der Waals surface area (Å²) < 4.78 is 8.95. The van der Waals surface area contributed by atoms with E-state index >= 15 is 0 Å². The molecule has 2 saturated heterocycles. The van der Waals surface area contributed by atoms with Crippen LogP contribution >= 0.6 is 0 Å². The van der Waals surface area contributed by atoms with Gasteiger partial charge in [0.1, 0.15) is 6.04 Å². The number of hydrogen-bond donors (Lipinski definition) is 1. The lowest BCUT2D eigenvalue weighted by Gasteiger charge is -2.41. The highest BCUT2D eigenvalue weighted by atomic mass is 16.5. The summed E-state index contributed by atoms with van der Waals surface area (Å²) in [5.74, 6) is -0.228. The zero-order chi connectivity index (χ0) is 22.2. The fraction of sp³-hybridized carbons (Fsp3) is 0.375. The Hall–Kier alpha value is -3.39. The Labute approximate surface area is 185 Å². The maximum atomic E-state index is 12.9. The molecule has 1 atom stereocenters. The standard InChI is InChI=1S/C24H26N4O4/c1-26-21-11-18(27-12-17(13-27)15-32-14-16-5-3-2-4-6-16)7-8-19(21)28(24(26)31)20-9-10-22(29)25-23(20)30/h2-8,11,17,20H,9-10,12-15H2,1H3,(H,25,29,30). The number of nitrogens with one attached hydrogen (secondary N) is 1. The van der Waals surface area contributed by atoms with Crippen molar-refractivity contribution in [2.24, 2.45) is 13.0 Å². The van der Waals surface area contributed by atoms with Gasteiger partial charge in [0, 0.05) is 38.2 Å². The van der Waals surface area contributed by atoms with Crippen LogP contribution in [0.4, 0.5) is 5.69 Å². The lowest BCUT2D eigenvalue weighted by molar-refractivity contribution is -0.135. The molecule has 0 bridgehead atoms. The summed E-state index contributed by atoms with van der Waals surface area (Å²) in [6.07, 6.45) is 0.570. The number of imide groups is 1. The third kappa shape index (κ3) is 3.71. The Morgan fingerprint density at radius 1 is 1.03 bits per heavy atom. The number of aryl methyl sites for hydroxylation is 1. The number of aromatic nitrogens is 2. The highest BCUT2D eigenvalue weighted by molar-refractivity contribution is 6.00. The predicted molar refractivity (Wildman–Crippen MR) is 120 cm³/mol. The molecule has 0 radical (unpaired) electrons. The summed E-state index contributed by atoms with van der Waals surface area (Å²) in [4.78, 5) is 39.0. The van der Waals surface area contributed by atoms with Gasteiger partial charge in [0.05, 0.1) is 24.2 Å². The van der Waals surface area contributed by atoms with E-state index in [-0.39, 0.29) is 18.0 Å². The van der Waals surface area contributed by atoms with Crippen molar-refractivity contribution in [1.82, 2.24) is 14.5 Å². The van der Waals surface area contributed by atoms with E-state index < -0.39 is 11.9 Å². The number of nitrogens with zero attached hydrogens (tertiary/aromatic N) is 3. The van der Waals surface area contributed by atoms with Crippen LogP contribution in [0.15, 0.2) is 53.3 Å². The molecule has 2 amide bonds. The maximum Gasteiger partial charge on any atom is 0.329 e. The minimum Gasteiger partial charge on any atom is -0.376 e. The smallest absolute Gasteiger partial charge is 0.329 e. The first-order chi connectivity index (χ1) is 15.5. The van der Waals surface area contributed by atoms with Crippen LogP contribution in [0.3, 0.4) is 0 Å². The van der Waals surface area contributed by atoms with Crippen LogP contribution < -0.4 is 15.9 Å². The molecular formula is C24H26N4O4. The van der Waals surface area contributed by atoms with E-state index in [4.69, 9.17) is 4.74 Å². The SMILES string of the molecule is Cn1c(=O)n(C2CCC(=O)NC2=O)c2ccc(N3CC(COCc4ccccc4)C3)cc21. The molecule has 1 N–H and O–H groups in total. The molecule has 3 heterocycles. The number of rotatable bonds is 6. The molecule has 8 heteroatoms. The molecule has 2 aliphatic heterocycles. The van der Waals surface area contributed by atoms with Gasteiger partial charge in [-0.3, -0.25) is 24.0 Å². The molecule has 1 aromatic heterocycles. The first kappa shape index (κ1) is 20.5. The van der Waals surface area contributed by atoms with Gasteiger partial charge in [0.25, 0.3) is 0 Å². The van der Waals surface area contributed by atoms with Crippen LogP contribution in [-0.4, -0.2) is 40.6 Å². The van der Waals surface area contributed by atoms with Crippen molar-refractivity contribution < 1.29 is 14.3 Å². The third-order valence-corrected chi connectivity index (χ3v) is 6.38. The number of anilines is 1. The molecule has 2 aromatic carbocycles. The summed E-state index contributed by atoms with van der Waals surface area (Å²) in [6.45, 7) is 3.15. The van der Waals surface area contributed by atoms with E-state index in [2.05, 4.69) is 22.3 Å². The third-order valence-electron chi connectivity index (χ3n) is 6.38. The lowest BCUT2D eigenvalue weighted by atomic mass is 10.00. The van der Waals surface area contributed by atoms with E-state index in [0.29, 0.717) is 24.5 Å². The Morgan fingerprint density at radius 2 is 1.81 bits per heavy atom. The maximum absolute atomic E-state index is 12.9. The Bertz CT molecular complexity index is 1220. The number of piperidine rings is 1. The molecule has 0 aliphatic carbocycles. The average Bonchev–Trinajstić information content (AvgIpc) is 3.00. The number of carbonyl (C=O) groups is 2. The van der Waals surface area contributed by atoms with Crippen molar-refractivity contribution in [3.05, 3.63) is 64.6 Å². The molecule has 2 fully saturated rings. The summed E-state index contributed by atoms with van der Waals surface area (Å²) >= 11 is 0. The number of amides is 2. The monoisotopic (exact) mass is 434 g/mol. The van der Waals surface area contributed by atoms with Gasteiger partial charge in [-0.1, -0.05) is 30.3 Å². The summed E-state index contributed by atoms with van der Waals surface area (Å²) in [5, 5.41) is 2.34. The number of carbonyl (C=O) groups excluding carboxylic acids is 2. The molecule has 166 valence electrons. The summed E-state index contributed by atoms with van der Waals surface area (Å²) in [5.41, 5.74) is 3.46. The van der Waals surface area contributed by atoms with E-state index in [1.807, 2.05) is 36.4 Å². The van der Waals surface area contributed by atoms with Crippen molar-refractivity contribution >= 4 is 28.5 Å². The van der Waals surface area contributed by atoms with Crippen molar-refractivity contribution in [3.8, 4) is 0 Å². The highest BCUT2D eigenvalue weighted by Gasteiger charge is 2.32. The van der Waals surface area contributed by atoms with Gasteiger partial charge in [-0.25, -0.2) is 4.79 Å². The van der Waals surface area contributed by atoms with Gasteiger partial charge in [-0.2, -0.15) is 0 Å². The number of imidazole rings is 1. The highest BCUT2D eigenvalue weighted by Crippen LogP contribution is 2.30. The second-order valence-electron chi connectivity index (χ2n) is 8.62. The fourth-order valence-corrected chi connectivity index (χ4v) is 4.58. The molecule has 0 saturated carbocycles. The predicted octanol–water partition coefficient (Wildman–Crippen LogP) is 1.97. The van der Waals surface area contributed by atoms with Crippen molar-refractivity contribution in [2.75, 3.05) is 24.6 Å². The molecule has 5 rings (SSSR count). The number of ether oxygens (including phenoxy) is 1. The van der Waals surface area contributed by atoms with Crippen LogP contribution in [0.1, 0.15) is 24.4 Å². The van der Waals surface area contributed by atoms with Gasteiger partial charge >= 0.3 is 5.69 Å². The van der Waals surface area contributed by atoms with Crippen molar-refractivity contribution in [3.63, 3.8) is 0 Å². The number of fused-ring (bicyclic) bond motifs is 1. The zero-order valence-electron chi connectivity index (χ0n) is 18.0. The van der Waals surface area contributed by atoms with Crippen molar-refractivity contribution in [1.29, 1.82) is 0 Å². The van der Waals surface area contributed by atoms with Crippen LogP contribution in [0.25, 0.3) is 11.0 Å². The molecule has 3 aromatic rings. The van der Waals surface area contributed by atoms with Gasteiger partial charge < -0.3 is 9.64 Å². The minimum absolute atomic E-state index is 0.235. The molecule has 8 nitrogen and oxygen atoms in total. The van der Waals surface area contributed by atoms with Crippen LogP contribution in [-0.2, 0) is 28.0 Å². The Balaban J connectivity index is 1.27. The topological polar surface area (TPSA) is 85.6 Å². The fourth-order valence-electron chi connectivity index (χ4n) is 4.58. The van der Waals surface area contributed by atoms with Crippen molar-refractivity contribution in [2.45, 2.75) is 25.5 Å². The van der Waals surface area contributed by atoms with E-state index in [9.17, 15) is 14.4 Å². The second-order valence-corrected chi connectivity index (χ2v) is 8.62. The molecule has 2 aliphatic rings. The summed E-state index contributed by atoms with van der Waals surface area (Å²) in [6, 6.07) is 15.4. The van der Waals surface area contributed by atoms with E-state index in [1.165, 1.54) is 10.1 Å². The van der Waals surface area contributed by atoms with Gasteiger partial charge in [-0.05, 0) is 30.2 Å². The molecule has 0 spiro atoms. The normalized spacial score (nSPS) is 19.3.